The number of nitrogens with zero attached hydrogens (tertiary/aromatic N) is 1. The second-order valence-corrected chi connectivity index (χ2v) is 8.45. The van der Waals surface area contributed by atoms with Crippen molar-refractivity contribution in [3.05, 3.63) is 57.6 Å². The van der Waals surface area contributed by atoms with Gasteiger partial charge in [-0.05, 0) is 47.1 Å². The van der Waals surface area contributed by atoms with Crippen LogP contribution in [0.1, 0.15) is 12.5 Å². The Kier molecular flexibility index (Phi) is 4.10. The van der Waals surface area contributed by atoms with Crippen molar-refractivity contribution in [1.82, 2.24) is 0 Å². The molecule has 0 fully saturated rings. The minimum absolute atomic E-state index is 0.0432. The van der Waals surface area contributed by atoms with E-state index in [0.29, 0.717) is 6.92 Å². The van der Waals surface area contributed by atoms with Crippen LogP contribution in [-0.4, -0.2) is 18.8 Å². The first-order chi connectivity index (χ1) is 11.9. The number of rotatable bonds is 2. The van der Waals surface area contributed by atoms with Crippen LogP contribution in [-0.2, 0) is 15.4 Å². The van der Waals surface area contributed by atoms with Crippen LogP contribution in [0.4, 0.5) is 18.9 Å². The van der Waals surface area contributed by atoms with Crippen molar-refractivity contribution in [2.75, 3.05) is 0 Å². The summed E-state index contributed by atoms with van der Waals surface area (Å²) >= 11 is 2.99. The molecule has 2 aromatic carbocycles. The molecule has 0 saturated carbocycles. The van der Waals surface area contributed by atoms with Crippen LogP contribution < -0.4 is 4.74 Å². The van der Waals surface area contributed by atoms with Gasteiger partial charge >= 0.3 is 5.25 Å². The summed E-state index contributed by atoms with van der Waals surface area (Å²) in [5.41, 5.74) is -3.59. The second kappa shape index (κ2) is 5.70. The maximum Gasteiger partial charge on any atom is 0.381 e. The summed E-state index contributed by atoms with van der Waals surface area (Å²) in [6, 6.07) is 5.15. The number of benzene rings is 2. The summed E-state index contributed by atoms with van der Waals surface area (Å²) in [5, 5.41) is 5.76. The van der Waals surface area contributed by atoms with E-state index in [-0.39, 0.29) is 21.7 Å². The third-order valence-corrected chi connectivity index (χ3v) is 6.74. The normalized spacial score (nSPS) is 22.5. The van der Waals surface area contributed by atoms with Crippen molar-refractivity contribution < 1.29 is 31.4 Å². The Morgan fingerprint density at radius 2 is 1.92 bits per heavy atom. The number of halogens is 4. The monoisotopic (exact) mass is 447 g/mol. The van der Waals surface area contributed by atoms with E-state index in [2.05, 4.69) is 20.8 Å². The summed E-state index contributed by atoms with van der Waals surface area (Å²) in [7, 11) is -5.09. The Morgan fingerprint density at radius 1 is 1.27 bits per heavy atom. The first kappa shape index (κ1) is 18.7. The average molecular weight is 448 g/mol. The molecular formula is C16H9BrF3NO4S. The lowest BCUT2D eigenvalue weighted by Gasteiger charge is -2.25. The molecule has 1 aliphatic heterocycles. The standard InChI is InChI=1S/C16H9BrF3NO4S/c1-15(22)13-12(26(23,24)16(15,19)20)4-3-11(14(13)17)25-10-6-8(18)5-9(7-10)21-2/h3-7,22H,1H3. The summed E-state index contributed by atoms with van der Waals surface area (Å²) in [6.07, 6.45) is 0. The van der Waals surface area contributed by atoms with Crippen molar-refractivity contribution in [2.24, 2.45) is 0 Å². The number of hydrogen-bond donors (Lipinski definition) is 1. The largest absolute Gasteiger partial charge is 0.457 e. The quantitative estimate of drug-likeness (QED) is 0.687. The van der Waals surface area contributed by atoms with Gasteiger partial charge in [0.05, 0.1) is 15.9 Å². The van der Waals surface area contributed by atoms with E-state index in [1.807, 2.05) is 0 Å². The van der Waals surface area contributed by atoms with Gasteiger partial charge in [-0.2, -0.15) is 8.78 Å². The Hall–Kier alpha value is -2.09. The number of fused-ring (bicyclic) bond motifs is 1. The number of alkyl halides is 2. The van der Waals surface area contributed by atoms with Crippen LogP contribution in [0.3, 0.4) is 0 Å². The zero-order valence-electron chi connectivity index (χ0n) is 12.9. The van der Waals surface area contributed by atoms with Gasteiger partial charge in [-0.1, -0.05) is 0 Å². The van der Waals surface area contributed by atoms with Crippen molar-refractivity contribution in [3.8, 4) is 11.5 Å². The minimum atomic E-state index is -5.09. The highest BCUT2D eigenvalue weighted by atomic mass is 79.9. The van der Waals surface area contributed by atoms with Crippen LogP contribution in [0.15, 0.2) is 39.7 Å². The SMILES string of the molecule is [C-]#[N+]c1cc(F)cc(Oc2ccc3c(c2Br)C(C)(O)C(F)(F)S3(=O)=O)c1. The first-order valence-corrected chi connectivity index (χ1v) is 9.25. The number of aliphatic hydroxyl groups is 1. The second-order valence-electron chi connectivity index (χ2n) is 5.70. The third kappa shape index (κ3) is 2.42. The maximum absolute atomic E-state index is 14.2. The molecule has 1 unspecified atom stereocenters. The summed E-state index contributed by atoms with van der Waals surface area (Å²) in [6.45, 7) is 7.59. The summed E-state index contributed by atoms with van der Waals surface area (Å²) < 4.78 is 71.1. The summed E-state index contributed by atoms with van der Waals surface area (Å²) in [5.74, 6) is -0.964. The van der Waals surface area contributed by atoms with E-state index in [1.165, 1.54) is 6.07 Å². The molecular weight excluding hydrogens is 439 g/mol. The molecule has 0 aliphatic carbocycles. The van der Waals surface area contributed by atoms with Crippen molar-refractivity contribution in [3.63, 3.8) is 0 Å². The Labute approximate surface area is 154 Å². The predicted octanol–water partition coefficient (Wildman–Crippen LogP) is 4.52. The fraction of sp³-hybridized carbons (Fsp3) is 0.188. The lowest BCUT2D eigenvalue weighted by atomic mass is 9.96. The van der Waals surface area contributed by atoms with Gasteiger partial charge in [-0.25, -0.2) is 17.7 Å². The highest BCUT2D eigenvalue weighted by molar-refractivity contribution is 9.10. The predicted molar refractivity (Wildman–Crippen MR) is 88.6 cm³/mol. The molecule has 1 heterocycles. The van der Waals surface area contributed by atoms with Crippen LogP contribution in [0.2, 0.25) is 0 Å². The molecule has 1 atom stereocenters. The molecule has 0 radical (unpaired) electrons. The average Bonchev–Trinajstić information content (AvgIpc) is 2.65. The topological polar surface area (TPSA) is 68.0 Å². The van der Waals surface area contributed by atoms with Gasteiger partial charge in [0.25, 0.3) is 0 Å². The molecule has 3 rings (SSSR count). The highest BCUT2D eigenvalue weighted by Gasteiger charge is 2.68. The van der Waals surface area contributed by atoms with Crippen LogP contribution in [0, 0.1) is 12.4 Å². The Bertz CT molecular complexity index is 1080. The first-order valence-electron chi connectivity index (χ1n) is 6.97. The molecule has 2 aromatic rings. The van der Waals surface area contributed by atoms with Gasteiger partial charge in [-0.15, -0.1) is 0 Å². The molecule has 10 heteroatoms. The van der Waals surface area contributed by atoms with Gasteiger partial charge in [0.15, 0.2) is 11.3 Å². The Morgan fingerprint density at radius 3 is 2.54 bits per heavy atom. The summed E-state index contributed by atoms with van der Waals surface area (Å²) in [4.78, 5) is 2.35. The highest BCUT2D eigenvalue weighted by Crippen LogP contribution is 2.56. The van der Waals surface area contributed by atoms with E-state index in [9.17, 15) is 26.7 Å². The van der Waals surface area contributed by atoms with Crippen molar-refractivity contribution >= 4 is 31.5 Å². The molecule has 0 amide bonds. The van der Waals surface area contributed by atoms with Gasteiger partial charge < -0.3 is 9.84 Å². The van der Waals surface area contributed by atoms with Crippen LogP contribution in [0.25, 0.3) is 4.85 Å². The molecule has 136 valence electrons. The van der Waals surface area contributed by atoms with Crippen LogP contribution >= 0.6 is 15.9 Å². The number of hydrogen-bond acceptors (Lipinski definition) is 4. The van der Waals surface area contributed by atoms with E-state index in [0.717, 1.165) is 24.3 Å². The van der Waals surface area contributed by atoms with E-state index in [1.54, 1.807) is 0 Å². The van der Waals surface area contributed by atoms with E-state index >= 15 is 0 Å². The number of sulfone groups is 1. The fourth-order valence-corrected chi connectivity index (χ4v) is 5.30. The molecule has 1 aliphatic rings. The van der Waals surface area contributed by atoms with Gasteiger partial charge in [0.1, 0.15) is 17.3 Å². The Balaban J connectivity index is 2.16. The zero-order chi connectivity index (χ0) is 19.5. The fourth-order valence-electron chi connectivity index (χ4n) is 2.64. The molecule has 0 aromatic heterocycles. The maximum atomic E-state index is 14.2. The van der Waals surface area contributed by atoms with Crippen LogP contribution in [0.5, 0.6) is 11.5 Å². The number of ether oxygens (including phenoxy) is 1. The van der Waals surface area contributed by atoms with E-state index < -0.39 is 37.0 Å². The minimum Gasteiger partial charge on any atom is -0.457 e. The van der Waals surface area contributed by atoms with Gasteiger partial charge in [0.2, 0.25) is 9.84 Å². The van der Waals surface area contributed by atoms with Crippen molar-refractivity contribution in [2.45, 2.75) is 22.7 Å². The molecule has 1 N–H and O–H groups in total. The lowest BCUT2D eigenvalue weighted by molar-refractivity contribution is -0.115. The molecule has 0 spiro atoms. The smallest absolute Gasteiger partial charge is 0.381 e. The zero-order valence-corrected chi connectivity index (χ0v) is 15.3. The molecule has 5 nitrogen and oxygen atoms in total. The molecule has 0 saturated heterocycles. The molecule has 26 heavy (non-hydrogen) atoms. The van der Waals surface area contributed by atoms with Gasteiger partial charge in [-0.3, -0.25) is 0 Å². The lowest BCUT2D eigenvalue weighted by Crippen LogP contribution is -2.42. The third-order valence-electron chi connectivity index (χ3n) is 3.96. The van der Waals surface area contributed by atoms with Crippen molar-refractivity contribution in [1.29, 1.82) is 0 Å². The van der Waals surface area contributed by atoms with E-state index in [4.69, 9.17) is 11.3 Å². The molecule has 0 bridgehead atoms. The van der Waals surface area contributed by atoms with Gasteiger partial charge in [0, 0.05) is 11.6 Å².